The molecule has 17 rings (SSSR count). The lowest BCUT2D eigenvalue weighted by atomic mass is 9.33. The van der Waals surface area contributed by atoms with Crippen LogP contribution in [-0.4, -0.2) is 6.71 Å². The fraction of sp³-hybridized carbons (Fsp3) is 0.128. The summed E-state index contributed by atoms with van der Waals surface area (Å²) in [6.45, 7) is 20.8. The molecule has 2 nitrogen and oxygen atoms in total. The standard InChI is InChI=1S/C94H77BN2/c1-92(2,3)72-47-43-61(44-48-72)70-57-85-89-86(58-70)97(91-77(64-33-21-13-22-34-64)39-26-40-78(91)65-35-23-14-24-36-65)84-56-66(60-27-15-10-16-28-60)45-49-81(84)95(89)82-55-67(46-50-83(82)96(85)90-75(62-29-17-11-18-30-62)37-25-38-76(90)63-31-19-12-20-32-63)79-54-71-53-73(93(4,5)6)51-68-41-42-69-52-74(94(7,8)9)59-80(79)88(69)87(68)71/h10-59H,1-9H3. The molecule has 3 heteroatoms. The van der Waals surface area contributed by atoms with Gasteiger partial charge in [-0.3, -0.25) is 0 Å². The molecule has 15 aromatic rings. The Balaban J connectivity index is 1.05. The van der Waals surface area contributed by atoms with E-state index in [0.717, 1.165) is 95.3 Å². The van der Waals surface area contributed by atoms with Crippen LogP contribution in [0, 0.1) is 0 Å². The van der Waals surface area contributed by atoms with Gasteiger partial charge in [0.2, 0.25) is 0 Å². The van der Waals surface area contributed by atoms with Crippen LogP contribution in [0.3, 0.4) is 0 Å². The highest BCUT2D eigenvalue weighted by Crippen LogP contribution is 2.55. The fourth-order valence-electron chi connectivity index (χ4n) is 15.8. The van der Waals surface area contributed by atoms with Gasteiger partial charge in [0.15, 0.2) is 0 Å². The minimum atomic E-state index is -0.231. The van der Waals surface area contributed by atoms with Crippen molar-refractivity contribution in [3.63, 3.8) is 0 Å². The molecule has 466 valence electrons. The van der Waals surface area contributed by atoms with Gasteiger partial charge in [-0.15, -0.1) is 0 Å². The number of benzene rings is 15. The van der Waals surface area contributed by atoms with Crippen molar-refractivity contribution in [2.24, 2.45) is 0 Å². The van der Waals surface area contributed by atoms with Crippen LogP contribution in [0.5, 0.6) is 0 Å². The van der Waals surface area contributed by atoms with Crippen molar-refractivity contribution in [1.82, 2.24) is 0 Å². The van der Waals surface area contributed by atoms with Crippen molar-refractivity contribution in [2.45, 2.75) is 78.6 Å². The first kappa shape index (κ1) is 59.7. The van der Waals surface area contributed by atoms with Crippen LogP contribution in [-0.2, 0) is 16.2 Å². The largest absolute Gasteiger partial charge is 0.310 e. The molecule has 15 aromatic carbocycles. The number of nitrogens with zero attached hydrogens (tertiary/aromatic N) is 2. The van der Waals surface area contributed by atoms with E-state index in [0.29, 0.717) is 0 Å². The third-order valence-corrected chi connectivity index (χ3v) is 20.8. The summed E-state index contributed by atoms with van der Waals surface area (Å²) in [5.74, 6) is 0. The highest BCUT2D eigenvalue weighted by Gasteiger charge is 2.46. The van der Waals surface area contributed by atoms with Crippen molar-refractivity contribution in [3.05, 3.63) is 320 Å². The van der Waals surface area contributed by atoms with E-state index in [-0.39, 0.29) is 23.0 Å². The maximum atomic E-state index is 2.69. The zero-order valence-corrected chi connectivity index (χ0v) is 56.8. The minimum Gasteiger partial charge on any atom is -0.310 e. The molecule has 2 aliphatic heterocycles. The molecule has 0 amide bonds. The molecule has 0 aromatic heterocycles. The Morgan fingerprint density at radius 1 is 0.237 bits per heavy atom. The van der Waals surface area contributed by atoms with E-state index in [9.17, 15) is 0 Å². The van der Waals surface area contributed by atoms with Crippen molar-refractivity contribution in [3.8, 4) is 77.9 Å². The van der Waals surface area contributed by atoms with E-state index in [2.05, 4.69) is 375 Å². The van der Waals surface area contributed by atoms with E-state index >= 15 is 0 Å². The highest BCUT2D eigenvalue weighted by atomic mass is 15.2. The van der Waals surface area contributed by atoms with E-state index in [1.54, 1.807) is 0 Å². The lowest BCUT2D eigenvalue weighted by Crippen LogP contribution is -2.61. The zero-order valence-electron chi connectivity index (χ0n) is 56.8. The van der Waals surface area contributed by atoms with Gasteiger partial charge in [0, 0.05) is 45.0 Å². The Bertz CT molecular complexity index is 5430. The molecule has 2 heterocycles. The predicted molar refractivity (Wildman–Crippen MR) is 418 cm³/mol. The van der Waals surface area contributed by atoms with E-state index in [1.807, 2.05) is 0 Å². The predicted octanol–water partition coefficient (Wildman–Crippen LogP) is 24.2. The lowest BCUT2D eigenvalue weighted by molar-refractivity contribution is 0.590. The van der Waals surface area contributed by atoms with Gasteiger partial charge < -0.3 is 9.80 Å². The zero-order chi connectivity index (χ0) is 66.1. The summed E-state index contributed by atoms with van der Waals surface area (Å²) in [5.41, 5.74) is 30.7. The molecule has 0 radical (unpaired) electrons. The summed E-state index contributed by atoms with van der Waals surface area (Å²) < 4.78 is 0. The molecule has 0 atom stereocenters. The van der Waals surface area contributed by atoms with Crippen molar-refractivity contribution >= 4 is 89.5 Å². The first-order chi connectivity index (χ1) is 47.0. The van der Waals surface area contributed by atoms with Crippen LogP contribution in [0.1, 0.15) is 79.0 Å². The second kappa shape index (κ2) is 22.9. The van der Waals surface area contributed by atoms with E-state index in [4.69, 9.17) is 0 Å². The molecule has 2 aliphatic rings. The smallest absolute Gasteiger partial charge is 0.252 e. The average molecular weight is 1250 g/mol. The Morgan fingerprint density at radius 2 is 0.639 bits per heavy atom. The molecule has 0 unspecified atom stereocenters. The van der Waals surface area contributed by atoms with Gasteiger partial charge in [0.1, 0.15) is 0 Å². The molecule has 0 spiro atoms. The first-order valence-electron chi connectivity index (χ1n) is 34.5. The summed E-state index contributed by atoms with van der Waals surface area (Å²) in [4.78, 5) is 5.37. The van der Waals surface area contributed by atoms with Gasteiger partial charge in [0.25, 0.3) is 6.71 Å². The SMILES string of the molecule is CC(C)(C)c1ccc(-c2cc3c4c(c2)N(c2c(-c5ccccc5)cccc2-c2ccccc2)c2cc(-c5ccccc5)ccc2B4c2cc(-c4cc5cc(C(C)(C)C)cc6ccc7cc(C(C)(C)C)cc4c7c65)ccc2N3c2c(-c3ccccc3)cccc2-c2ccccc2)cc1. The van der Waals surface area contributed by atoms with Crippen molar-refractivity contribution in [2.75, 3.05) is 9.80 Å². The Morgan fingerprint density at radius 3 is 1.12 bits per heavy atom. The Kier molecular flexibility index (Phi) is 14.1. The minimum absolute atomic E-state index is 0.0327. The number of anilines is 6. The van der Waals surface area contributed by atoms with E-state index in [1.165, 1.54) is 82.1 Å². The van der Waals surface area contributed by atoms with Crippen molar-refractivity contribution < 1.29 is 0 Å². The second-order valence-corrected chi connectivity index (χ2v) is 30.0. The molecule has 97 heavy (non-hydrogen) atoms. The summed E-state index contributed by atoms with van der Waals surface area (Å²) in [6.07, 6.45) is 0. The maximum absolute atomic E-state index is 2.69. The van der Waals surface area contributed by atoms with Gasteiger partial charge in [-0.25, -0.2) is 0 Å². The Labute approximate surface area is 572 Å². The monoisotopic (exact) mass is 1240 g/mol. The number of rotatable bonds is 9. The third kappa shape index (κ3) is 10.2. The third-order valence-electron chi connectivity index (χ3n) is 20.8. The van der Waals surface area contributed by atoms with Crippen LogP contribution in [0.4, 0.5) is 34.1 Å². The molecule has 0 fully saturated rings. The summed E-state index contributed by atoms with van der Waals surface area (Å²) >= 11 is 0. The molecule has 0 N–H and O–H groups in total. The van der Waals surface area contributed by atoms with Crippen LogP contribution in [0.15, 0.2) is 303 Å². The molecular weight excluding hydrogens is 1170 g/mol. The van der Waals surface area contributed by atoms with Gasteiger partial charge >= 0.3 is 0 Å². The van der Waals surface area contributed by atoms with Crippen LogP contribution in [0.2, 0.25) is 0 Å². The number of hydrogen-bond donors (Lipinski definition) is 0. The summed E-state index contributed by atoms with van der Waals surface area (Å²) in [7, 11) is 0. The average Bonchev–Trinajstić information content (AvgIpc) is 0.692. The summed E-state index contributed by atoms with van der Waals surface area (Å²) in [6, 6.07) is 116. The maximum Gasteiger partial charge on any atom is 0.252 e. The topological polar surface area (TPSA) is 6.48 Å². The summed E-state index contributed by atoms with van der Waals surface area (Å²) in [5, 5.41) is 7.80. The lowest BCUT2D eigenvalue weighted by Gasteiger charge is -2.46. The normalized spacial score (nSPS) is 12.9. The van der Waals surface area contributed by atoms with Gasteiger partial charge in [-0.1, -0.05) is 329 Å². The van der Waals surface area contributed by atoms with Crippen LogP contribution < -0.4 is 26.2 Å². The number of para-hydroxylation sites is 2. The first-order valence-corrected chi connectivity index (χ1v) is 34.5. The van der Waals surface area contributed by atoms with Crippen molar-refractivity contribution in [1.29, 1.82) is 0 Å². The second-order valence-electron chi connectivity index (χ2n) is 30.0. The molecule has 0 bridgehead atoms. The van der Waals surface area contributed by atoms with Crippen LogP contribution in [0.25, 0.3) is 110 Å². The van der Waals surface area contributed by atoms with Gasteiger partial charge in [-0.05, 0) is 174 Å². The molecule has 0 saturated heterocycles. The van der Waals surface area contributed by atoms with E-state index < -0.39 is 0 Å². The quantitative estimate of drug-likeness (QED) is 0.105. The van der Waals surface area contributed by atoms with Gasteiger partial charge in [-0.2, -0.15) is 0 Å². The fourth-order valence-corrected chi connectivity index (χ4v) is 15.8. The number of hydrogen-bond acceptors (Lipinski definition) is 2. The Hall–Kier alpha value is -11.0. The highest BCUT2D eigenvalue weighted by molar-refractivity contribution is 7.00. The molecule has 0 saturated carbocycles. The number of fused-ring (bicyclic) bond motifs is 4. The van der Waals surface area contributed by atoms with Gasteiger partial charge in [0.05, 0.1) is 11.4 Å². The van der Waals surface area contributed by atoms with Crippen LogP contribution >= 0.6 is 0 Å². The molecular formula is C94H77BN2. The molecule has 0 aliphatic carbocycles.